The number of ether oxygens (including phenoxy) is 3. The summed E-state index contributed by atoms with van der Waals surface area (Å²) in [7, 11) is 2.86. The van der Waals surface area contributed by atoms with Crippen LogP contribution in [0.5, 0.6) is 5.75 Å². The molecule has 1 aliphatic heterocycles. The quantitative estimate of drug-likeness (QED) is 0.540. The van der Waals surface area contributed by atoms with Gasteiger partial charge in [-0.25, -0.2) is 0 Å². The van der Waals surface area contributed by atoms with Crippen LogP contribution >= 0.6 is 0 Å². The maximum absolute atomic E-state index is 12.3. The van der Waals surface area contributed by atoms with E-state index in [4.69, 9.17) is 14.2 Å². The predicted molar refractivity (Wildman–Crippen MR) is 75.1 cm³/mol. The molecule has 0 radical (unpaired) electrons. The monoisotopic (exact) mass is 307 g/mol. The number of aliphatic hydroxyl groups excluding tert-OH is 1. The van der Waals surface area contributed by atoms with Crippen molar-refractivity contribution in [3.8, 4) is 5.75 Å². The number of hydrogen-bond donors (Lipinski definition) is 3. The summed E-state index contributed by atoms with van der Waals surface area (Å²) in [5, 5.41) is 22.3. The summed E-state index contributed by atoms with van der Waals surface area (Å²) in [5.41, 5.74) is 0.356. The number of phenolic OH excluding ortho intramolecular Hbond substituents is 1. The topological polar surface area (TPSA) is 101 Å². The Morgan fingerprint density at radius 3 is 2.64 bits per heavy atom. The lowest BCUT2D eigenvalue weighted by molar-refractivity contribution is -0.195. The molecule has 1 aliphatic carbocycles. The molecule has 7 heteroatoms. The van der Waals surface area contributed by atoms with Gasteiger partial charge in [0.1, 0.15) is 24.1 Å². The number of carbonyl (C=O) groups is 1. The zero-order chi connectivity index (χ0) is 15.9. The van der Waals surface area contributed by atoms with Crippen molar-refractivity contribution >= 4 is 5.91 Å². The van der Waals surface area contributed by atoms with E-state index < -0.39 is 30.0 Å². The number of benzene rings is 1. The van der Waals surface area contributed by atoms with E-state index in [0.717, 1.165) is 0 Å². The molecule has 0 saturated carbocycles. The molecule has 3 rings (SSSR count). The van der Waals surface area contributed by atoms with Crippen molar-refractivity contribution in [1.82, 2.24) is 5.32 Å². The fourth-order valence-corrected chi connectivity index (χ4v) is 2.74. The smallest absolute Gasteiger partial charge is 0.259 e. The van der Waals surface area contributed by atoms with Crippen LogP contribution in [0.4, 0.5) is 0 Å². The Morgan fingerprint density at radius 1 is 1.32 bits per heavy atom. The van der Waals surface area contributed by atoms with Crippen molar-refractivity contribution in [2.75, 3.05) is 14.2 Å². The summed E-state index contributed by atoms with van der Waals surface area (Å²) in [4.78, 5) is 12.3. The molecule has 0 spiro atoms. The molecule has 3 atom stereocenters. The Balaban J connectivity index is 1.89. The molecule has 0 bridgehead atoms. The van der Waals surface area contributed by atoms with Crippen LogP contribution < -0.4 is 5.32 Å². The first-order chi connectivity index (χ1) is 10.5. The molecule has 22 heavy (non-hydrogen) atoms. The third kappa shape index (κ3) is 2.19. The average molecular weight is 307 g/mol. The molecule has 1 heterocycles. The van der Waals surface area contributed by atoms with Gasteiger partial charge < -0.3 is 29.7 Å². The Hall–Kier alpha value is -1.93. The van der Waals surface area contributed by atoms with Crippen molar-refractivity contribution in [2.45, 2.75) is 24.1 Å². The largest absolute Gasteiger partial charge is 0.507 e. The van der Waals surface area contributed by atoms with Crippen LogP contribution in [0.2, 0.25) is 0 Å². The van der Waals surface area contributed by atoms with Gasteiger partial charge in [-0.2, -0.15) is 0 Å². The summed E-state index contributed by atoms with van der Waals surface area (Å²) in [6.45, 7) is 0. The van der Waals surface area contributed by atoms with E-state index in [1.54, 1.807) is 12.1 Å². The Bertz CT molecular complexity index is 624. The van der Waals surface area contributed by atoms with Gasteiger partial charge in [0.25, 0.3) is 5.91 Å². The molecule has 3 N–H and O–H groups in total. The van der Waals surface area contributed by atoms with Crippen LogP contribution in [0.1, 0.15) is 10.4 Å². The number of hydrogen-bond acceptors (Lipinski definition) is 6. The molecule has 1 fully saturated rings. The van der Waals surface area contributed by atoms with Crippen LogP contribution in [0.15, 0.2) is 36.0 Å². The number of fused-ring (bicyclic) bond motifs is 1. The fourth-order valence-electron chi connectivity index (χ4n) is 2.74. The summed E-state index contributed by atoms with van der Waals surface area (Å²) < 4.78 is 16.2. The molecule has 118 valence electrons. The van der Waals surface area contributed by atoms with Crippen molar-refractivity contribution in [3.63, 3.8) is 0 Å². The molecule has 1 aromatic carbocycles. The molecular formula is C15H17NO6. The van der Waals surface area contributed by atoms with Gasteiger partial charge in [-0.1, -0.05) is 12.1 Å². The third-order valence-electron chi connectivity index (χ3n) is 3.95. The summed E-state index contributed by atoms with van der Waals surface area (Å²) in [5.74, 6) is -1.96. The van der Waals surface area contributed by atoms with Gasteiger partial charge in [0.2, 0.25) is 5.79 Å². The Labute approximate surface area is 127 Å². The van der Waals surface area contributed by atoms with Gasteiger partial charge in [0.15, 0.2) is 0 Å². The third-order valence-corrected chi connectivity index (χ3v) is 3.95. The van der Waals surface area contributed by atoms with Gasteiger partial charge in [-0.05, 0) is 18.2 Å². The van der Waals surface area contributed by atoms with Crippen molar-refractivity contribution in [3.05, 3.63) is 41.6 Å². The molecule has 7 nitrogen and oxygen atoms in total. The number of para-hydroxylation sites is 1. The molecular weight excluding hydrogens is 290 g/mol. The molecule has 1 amide bonds. The van der Waals surface area contributed by atoms with E-state index in [0.29, 0.717) is 0 Å². The number of aromatic hydroxyl groups is 1. The lowest BCUT2D eigenvalue weighted by atomic mass is 9.95. The molecule has 1 aromatic rings. The summed E-state index contributed by atoms with van der Waals surface area (Å²) >= 11 is 0. The minimum atomic E-state index is -1.29. The fraction of sp³-hybridized carbons (Fsp3) is 0.400. The lowest BCUT2D eigenvalue weighted by Gasteiger charge is -2.34. The highest BCUT2D eigenvalue weighted by molar-refractivity contribution is 5.97. The van der Waals surface area contributed by atoms with E-state index in [-0.39, 0.29) is 17.0 Å². The normalized spacial score (nSPS) is 28.5. The zero-order valence-corrected chi connectivity index (χ0v) is 12.1. The van der Waals surface area contributed by atoms with Crippen LogP contribution in [0.3, 0.4) is 0 Å². The number of aliphatic hydroxyl groups is 1. The number of nitrogens with one attached hydrogen (secondary N) is 1. The maximum atomic E-state index is 12.3. The van der Waals surface area contributed by atoms with Gasteiger partial charge in [0, 0.05) is 14.2 Å². The highest BCUT2D eigenvalue weighted by Gasteiger charge is 2.64. The SMILES string of the molecule is COC1(OC)C(NC(=O)c2ccccc2O)=CC(O)C2OC21. The number of phenols is 1. The summed E-state index contributed by atoms with van der Waals surface area (Å²) in [6.07, 6.45) is -0.338. The lowest BCUT2D eigenvalue weighted by Crippen LogP contribution is -2.52. The molecule has 2 aliphatic rings. The van der Waals surface area contributed by atoms with Crippen molar-refractivity contribution < 1.29 is 29.2 Å². The highest BCUT2D eigenvalue weighted by Crippen LogP contribution is 2.45. The van der Waals surface area contributed by atoms with E-state index in [2.05, 4.69) is 5.32 Å². The van der Waals surface area contributed by atoms with Crippen molar-refractivity contribution in [1.29, 1.82) is 0 Å². The first-order valence-corrected chi connectivity index (χ1v) is 6.79. The number of amides is 1. The second-order valence-electron chi connectivity index (χ2n) is 5.14. The molecule has 0 aromatic heterocycles. The predicted octanol–water partition coefficient (Wildman–Crippen LogP) is 0.137. The van der Waals surface area contributed by atoms with E-state index >= 15 is 0 Å². The molecule has 1 saturated heterocycles. The minimum Gasteiger partial charge on any atom is -0.507 e. The van der Waals surface area contributed by atoms with Gasteiger partial charge in [-0.3, -0.25) is 4.79 Å². The Kier molecular flexibility index (Phi) is 3.65. The maximum Gasteiger partial charge on any atom is 0.259 e. The van der Waals surface area contributed by atoms with Crippen LogP contribution in [0, 0.1) is 0 Å². The highest BCUT2D eigenvalue weighted by atomic mass is 16.7. The van der Waals surface area contributed by atoms with Gasteiger partial charge in [-0.15, -0.1) is 0 Å². The second kappa shape index (κ2) is 5.36. The summed E-state index contributed by atoms with van der Waals surface area (Å²) in [6, 6.07) is 6.16. The van der Waals surface area contributed by atoms with Gasteiger partial charge >= 0.3 is 0 Å². The zero-order valence-electron chi connectivity index (χ0n) is 12.1. The number of rotatable bonds is 4. The minimum absolute atomic E-state index is 0.109. The first kappa shape index (κ1) is 15.0. The van der Waals surface area contributed by atoms with Crippen molar-refractivity contribution in [2.24, 2.45) is 0 Å². The standard InChI is InChI=1S/C15H17NO6/c1-20-15(21-2)11(7-10(18)12-13(15)22-12)16-14(19)8-5-3-4-6-9(8)17/h3-7,10,12-13,17-18H,1-2H3,(H,16,19). The van der Waals surface area contributed by atoms with E-state index in [9.17, 15) is 15.0 Å². The number of carbonyl (C=O) groups excluding carboxylic acids is 1. The average Bonchev–Trinajstić information content (AvgIpc) is 3.30. The van der Waals surface area contributed by atoms with Gasteiger partial charge in [0.05, 0.1) is 11.3 Å². The molecule has 3 unspecified atom stereocenters. The Morgan fingerprint density at radius 2 is 2.00 bits per heavy atom. The first-order valence-electron chi connectivity index (χ1n) is 6.79. The van der Waals surface area contributed by atoms with Crippen LogP contribution in [-0.4, -0.2) is 54.4 Å². The number of epoxide rings is 1. The van der Waals surface area contributed by atoms with Crippen LogP contribution in [-0.2, 0) is 14.2 Å². The van der Waals surface area contributed by atoms with E-state index in [1.807, 2.05) is 0 Å². The van der Waals surface area contributed by atoms with Crippen LogP contribution in [0.25, 0.3) is 0 Å². The van der Waals surface area contributed by atoms with E-state index in [1.165, 1.54) is 32.4 Å². The number of methoxy groups -OCH3 is 2. The second-order valence-corrected chi connectivity index (χ2v) is 5.14.